The summed E-state index contributed by atoms with van der Waals surface area (Å²) in [6.45, 7) is 5.31. The molecule has 0 radical (unpaired) electrons. The minimum atomic E-state index is 0.463. The van der Waals surface area contributed by atoms with E-state index in [9.17, 15) is 0 Å². The standard InChI is InChI=1S/C7H14N2/c1-4-7-8-6(2)5-9(7)3/h7H,4-5H2,1-3H3. The van der Waals surface area contributed by atoms with Gasteiger partial charge in [0.25, 0.3) is 0 Å². The SMILES string of the molecule is CCC1N=C(C)CN1C. The lowest BCUT2D eigenvalue weighted by atomic mass is 10.4. The molecule has 1 unspecified atom stereocenters. The fraction of sp³-hybridized carbons (Fsp3) is 0.857. The van der Waals surface area contributed by atoms with Crippen molar-refractivity contribution in [1.82, 2.24) is 4.90 Å². The van der Waals surface area contributed by atoms with Crippen molar-refractivity contribution < 1.29 is 0 Å². The van der Waals surface area contributed by atoms with E-state index in [1.54, 1.807) is 0 Å². The monoisotopic (exact) mass is 126 g/mol. The Morgan fingerprint density at radius 2 is 2.44 bits per heavy atom. The van der Waals surface area contributed by atoms with Crippen LogP contribution in [0.5, 0.6) is 0 Å². The van der Waals surface area contributed by atoms with E-state index in [1.807, 2.05) is 0 Å². The highest BCUT2D eigenvalue weighted by molar-refractivity contribution is 5.85. The van der Waals surface area contributed by atoms with Gasteiger partial charge < -0.3 is 0 Å². The lowest BCUT2D eigenvalue weighted by Crippen LogP contribution is -2.25. The van der Waals surface area contributed by atoms with Crippen LogP contribution in [0, 0.1) is 0 Å². The summed E-state index contributed by atoms with van der Waals surface area (Å²) in [5.41, 5.74) is 1.27. The van der Waals surface area contributed by atoms with Crippen LogP contribution in [0.15, 0.2) is 4.99 Å². The number of hydrogen-bond acceptors (Lipinski definition) is 2. The van der Waals surface area contributed by atoms with Crippen LogP contribution in [0.2, 0.25) is 0 Å². The van der Waals surface area contributed by atoms with Crippen molar-refractivity contribution in [3.63, 3.8) is 0 Å². The summed E-state index contributed by atoms with van der Waals surface area (Å²) in [6, 6.07) is 0. The Morgan fingerprint density at radius 3 is 2.67 bits per heavy atom. The Hall–Kier alpha value is -0.370. The zero-order chi connectivity index (χ0) is 6.85. The fourth-order valence-corrected chi connectivity index (χ4v) is 1.26. The van der Waals surface area contributed by atoms with E-state index < -0.39 is 0 Å². The molecule has 0 aliphatic carbocycles. The van der Waals surface area contributed by atoms with Crippen LogP contribution in [-0.2, 0) is 0 Å². The first kappa shape index (κ1) is 6.75. The van der Waals surface area contributed by atoms with Gasteiger partial charge in [0.15, 0.2) is 0 Å². The maximum atomic E-state index is 4.43. The number of nitrogens with zero attached hydrogens (tertiary/aromatic N) is 2. The molecule has 0 N–H and O–H groups in total. The van der Waals surface area contributed by atoms with E-state index in [2.05, 4.69) is 30.8 Å². The molecule has 1 aliphatic heterocycles. The second kappa shape index (κ2) is 2.48. The molecule has 9 heavy (non-hydrogen) atoms. The molecule has 1 rings (SSSR count). The molecule has 1 atom stereocenters. The predicted octanol–water partition coefficient (Wildman–Crippen LogP) is 1.13. The third kappa shape index (κ3) is 1.30. The van der Waals surface area contributed by atoms with E-state index in [-0.39, 0.29) is 0 Å². The summed E-state index contributed by atoms with van der Waals surface area (Å²) >= 11 is 0. The topological polar surface area (TPSA) is 15.6 Å². The Balaban J connectivity index is 2.53. The zero-order valence-corrected chi connectivity index (χ0v) is 6.39. The van der Waals surface area contributed by atoms with E-state index in [1.165, 1.54) is 5.71 Å². The molecule has 0 aromatic heterocycles. The van der Waals surface area contributed by atoms with Gasteiger partial charge in [0.05, 0.1) is 0 Å². The minimum absolute atomic E-state index is 0.463. The van der Waals surface area contributed by atoms with Crippen molar-refractivity contribution in [3.8, 4) is 0 Å². The fourth-order valence-electron chi connectivity index (χ4n) is 1.26. The molecule has 0 fully saturated rings. The average molecular weight is 126 g/mol. The number of hydrogen-bond donors (Lipinski definition) is 0. The van der Waals surface area contributed by atoms with Crippen molar-refractivity contribution in [2.45, 2.75) is 26.4 Å². The smallest absolute Gasteiger partial charge is 0.102 e. The Kier molecular flexibility index (Phi) is 1.86. The third-order valence-electron chi connectivity index (χ3n) is 1.72. The second-order valence-corrected chi connectivity index (χ2v) is 2.67. The summed E-state index contributed by atoms with van der Waals surface area (Å²) in [6.07, 6.45) is 1.60. The largest absolute Gasteiger partial charge is 0.280 e. The Labute approximate surface area is 56.6 Å². The van der Waals surface area contributed by atoms with Crippen LogP contribution in [0.4, 0.5) is 0 Å². The minimum Gasteiger partial charge on any atom is -0.280 e. The van der Waals surface area contributed by atoms with Gasteiger partial charge in [0.2, 0.25) is 0 Å². The lowest BCUT2D eigenvalue weighted by Gasteiger charge is -2.14. The van der Waals surface area contributed by atoms with Crippen molar-refractivity contribution in [2.24, 2.45) is 4.99 Å². The van der Waals surface area contributed by atoms with Gasteiger partial charge in [-0.25, -0.2) is 0 Å². The van der Waals surface area contributed by atoms with E-state index in [0.29, 0.717) is 6.17 Å². The van der Waals surface area contributed by atoms with Gasteiger partial charge >= 0.3 is 0 Å². The quantitative estimate of drug-likeness (QED) is 0.514. The van der Waals surface area contributed by atoms with Crippen molar-refractivity contribution in [1.29, 1.82) is 0 Å². The van der Waals surface area contributed by atoms with Crippen LogP contribution in [-0.4, -0.2) is 30.4 Å². The van der Waals surface area contributed by atoms with Crippen molar-refractivity contribution in [3.05, 3.63) is 0 Å². The summed E-state index contributed by atoms with van der Waals surface area (Å²) in [4.78, 5) is 6.70. The first-order chi connectivity index (χ1) is 4.24. The molecular formula is C7H14N2. The molecule has 0 aromatic carbocycles. The van der Waals surface area contributed by atoms with Crippen LogP contribution >= 0.6 is 0 Å². The molecular weight excluding hydrogens is 112 g/mol. The first-order valence-electron chi connectivity index (χ1n) is 3.47. The molecule has 1 heterocycles. The number of rotatable bonds is 1. The summed E-state index contributed by atoms with van der Waals surface area (Å²) in [7, 11) is 2.12. The highest BCUT2D eigenvalue weighted by Gasteiger charge is 2.17. The zero-order valence-electron chi connectivity index (χ0n) is 6.39. The number of aliphatic imine (C=N–C) groups is 1. The molecule has 0 spiro atoms. The van der Waals surface area contributed by atoms with Crippen molar-refractivity contribution >= 4 is 5.71 Å². The van der Waals surface area contributed by atoms with Crippen LogP contribution in [0.1, 0.15) is 20.3 Å². The molecule has 0 saturated heterocycles. The highest BCUT2D eigenvalue weighted by atomic mass is 15.3. The molecule has 52 valence electrons. The summed E-state index contributed by atoms with van der Waals surface area (Å²) in [5.74, 6) is 0. The second-order valence-electron chi connectivity index (χ2n) is 2.67. The summed E-state index contributed by atoms with van der Waals surface area (Å²) < 4.78 is 0. The maximum absolute atomic E-state index is 4.43. The molecule has 0 aromatic rings. The van der Waals surface area contributed by atoms with Crippen LogP contribution < -0.4 is 0 Å². The Morgan fingerprint density at radius 1 is 1.78 bits per heavy atom. The van der Waals surface area contributed by atoms with Gasteiger partial charge in [0, 0.05) is 12.3 Å². The average Bonchev–Trinajstić information content (AvgIpc) is 2.10. The Bertz CT molecular complexity index is 129. The molecule has 0 bridgehead atoms. The van der Waals surface area contributed by atoms with Gasteiger partial charge in [-0.3, -0.25) is 9.89 Å². The van der Waals surface area contributed by atoms with Crippen molar-refractivity contribution in [2.75, 3.05) is 13.6 Å². The molecule has 2 heteroatoms. The van der Waals surface area contributed by atoms with Gasteiger partial charge in [-0.05, 0) is 20.4 Å². The van der Waals surface area contributed by atoms with Gasteiger partial charge in [0.1, 0.15) is 6.17 Å². The van der Waals surface area contributed by atoms with Gasteiger partial charge in [-0.15, -0.1) is 0 Å². The first-order valence-corrected chi connectivity index (χ1v) is 3.47. The summed E-state index contributed by atoms with van der Waals surface area (Å²) in [5, 5.41) is 0. The molecule has 2 nitrogen and oxygen atoms in total. The van der Waals surface area contributed by atoms with E-state index >= 15 is 0 Å². The van der Waals surface area contributed by atoms with E-state index in [0.717, 1.165) is 13.0 Å². The lowest BCUT2D eigenvalue weighted by molar-refractivity contribution is 0.299. The van der Waals surface area contributed by atoms with E-state index in [4.69, 9.17) is 0 Å². The highest BCUT2D eigenvalue weighted by Crippen LogP contribution is 2.09. The molecule has 0 saturated carbocycles. The van der Waals surface area contributed by atoms with Gasteiger partial charge in [-0.2, -0.15) is 0 Å². The molecule has 0 amide bonds. The van der Waals surface area contributed by atoms with Crippen LogP contribution in [0.3, 0.4) is 0 Å². The predicted molar refractivity (Wildman–Crippen MR) is 39.8 cm³/mol. The maximum Gasteiger partial charge on any atom is 0.102 e. The molecule has 1 aliphatic rings. The normalized spacial score (nSPS) is 28.8. The van der Waals surface area contributed by atoms with Crippen LogP contribution in [0.25, 0.3) is 0 Å². The third-order valence-corrected chi connectivity index (χ3v) is 1.72. The van der Waals surface area contributed by atoms with Gasteiger partial charge in [-0.1, -0.05) is 6.92 Å².